The monoisotopic (exact) mass is 657 g/mol. The molecule has 1 aliphatic rings. The number of nitrogens with zero attached hydrogens (tertiary/aromatic N) is 5. The van der Waals surface area contributed by atoms with Gasteiger partial charge in [0.25, 0.3) is 5.78 Å². The highest BCUT2D eigenvalue weighted by atomic mass is 16.5. The Morgan fingerprint density at radius 3 is 2.42 bits per heavy atom. The molecule has 48 heavy (non-hydrogen) atoms. The summed E-state index contributed by atoms with van der Waals surface area (Å²) in [5.41, 5.74) is 2.43. The number of carbonyl (C=O) groups is 4. The molecule has 0 aliphatic carbocycles. The van der Waals surface area contributed by atoms with Crippen molar-refractivity contribution in [2.24, 2.45) is 10.3 Å². The minimum atomic E-state index is -0.639. The zero-order valence-electron chi connectivity index (χ0n) is 28.8. The molecule has 0 unspecified atom stereocenters. The first-order valence-electron chi connectivity index (χ1n) is 16.2. The third kappa shape index (κ3) is 11.7. The number of likely N-dealkylation sites (N-methyl/N-ethyl adjacent to an activating group) is 1. The van der Waals surface area contributed by atoms with Crippen molar-refractivity contribution in [3.63, 3.8) is 0 Å². The number of nitriles is 1. The van der Waals surface area contributed by atoms with E-state index in [0.717, 1.165) is 11.1 Å². The van der Waals surface area contributed by atoms with E-state index >= 15 is 0 Å². The Morgan fingerprint density at radius 2 is 1.69 bits per heavy atom. The second-order valence-corrected chi connectivity index (χ2v) is 13.0. The zero-order valence-corrected chi connectivity index (χ0v) is 28.8. The number of hydrogen-bond acceptors (Lipinski definition) is 8. The minimum absolute atomic E-state index is 0.00158. The van der Waals surface area contributed by atoms with Gasteiger partial charge in [-0.05, 0) is 70.7 Å². The number of anilines is 1. The van der Waals surface area contributed by atoms with Crippen LogP contribution >= 0.6 is 0 Å². The number of hydrogen-bond donors (Lipinski definition) is 2. The van der Waals surface area contributed by atoms with Crippen LogP contribution in [-0.4, -0.2) is 66.4 Å². The fourth-order valence-corrected chi connectivity index (χ4v) is 5.14. The summed E-state index contributed by atoms with van der Waals surface area (Å²) in [4.78, 5) is 51.9. The van der Waals surface area contributed by atoms with Gasteiger partial charge in [0.2, 0.25) is 17.7 Å². The van der Waals surface area contributed by atoms with Gasteiger partial charge >= 0.3 is 0 Å². The van der Waals surface area contributed by atoms with Crippen LogP contribution in [0.5, 0.6) is 0 Å². The third-order valence-electron chi connectivity index (χ3n) is 7.84. The van der Waals surface area contributed by atoms with E-state index in [-0.39, 0.29) is 37.1 Å². The van der Waals surface area contributed by atoms with E-state index in [1.54, 1.807) is 18.0 Å². The van der Waals surface area contributed by atoms with E-state index < -0.39 is 16.9 Å². The van der Waals surface area contributed by atoms with Crippen LogP contribution in [0.15, 0.2) is 58.9 Å². The molecule has 2 aromatic rings. The number of rotatable bonds is 16. The van der Waals surface area contributed by atoms with E-state index in [1.165, 1.54) is 5.01 Å². The molecule has 1 aliphatic heterocycles. The summed E-state index contributed by atoms with van der Waals surface area (Å²) in [6, 6.07) is 16.6. The maximum absolute atomic E-state index is 13.8. The Hall–Kier alpha value is -4.89. The summed E-state index contributed by atoms with van der Waals surface area (Å²) in [5.74, 6) is -1.11. The summed E-state index contributed by atoms with van der Waals surface area (Å²) in [7, 11) is 1.55. The lowest BCUT2D eigenvalue weighted by atomic mass is 9.98. The standard InChI is InChI=1S/C36H47N7O5/c1-7-38-32(45)18-19-36(4,5)48-21-20-35(2,3)39-33(46)16-17-34(47)43-24-27-13-9-8-12-26(27)22-30(29-14-10-11-15-31(29)43)40-41-42(6)25-28(44)23-37/h8-15,22H,7,16-21,24-25H2,1-6H3,(H,38,45)(H,39,46)/b30-22+,41-40?. The molecule has 1 heterocycles. The summed E-state index contributed by atoms with van der Waals surface area (Å²) in [5, 5.41) is 24.5. The van der Waals surface area contributed by atoms with Crippen LogP contribution in [0.1, 0.15) is 83.4 Å². The summed E-state index contributed by atoms with van der Waals surface area (Å²) in [6.45, 7) is 10.7. The van der Waals surface area contributed by atoms with Crippen LogP contribution in [0, 0.1) is 11.3 Å². The topological polar surface area (TPSA) is 157 Å². The molecule has 0 radical (unpaired) electrons. The molecule has 3 amide bonds. The molecule has 12 nitrogen and oxygen atoms in total. The first-order chi connectivity index (χ1) is 22.7. The Balaban J connectivity index is 1.68. The van der Waals surface area contributed by atoms with Crippen LogP contribution in [-0.2, 0) is 30.5 Å². The van der Waals surface area contributed by atoms with Gasteiger partial charge in [-0.1, -0.05) is 47.7 Å². The molecule has 12 heteroatoms. The van der Waals surface area contributed by atoms with Crippen molar-refractivity contribution in [1.82, 2.24) is 15.6 Å². The normalized spacial score (nSPS) is 14.0. The largest absolute Gasteiger partial charge is 0.375 e. The molecule has 2 aromatic carbocycles. The van der Waals surface area contributed by atoms with Crippen molar-refractivity contribution in [2.45, 2.75) is 84.4 Å². The van der Waals surface area contributed by atoms with E-state index in [0.29, 0.717) is 55.9 Å². The number of ether oxygens (including phenoxy) is 1. The molecule has 256 valence electrons. The van der Waals surface area contributed by atoms with Crippen LogP contribution < -0.4 is 15.5 Å². The lowest BCUT2D eigenvalue weighted by Gasteiger charge is -2.30. The maximum atomic E-state index is 13.8. The van der Waals surface area contributed by atoms with Crippen molar-refractivity contribution in [1.29, 1.82) is 5.26 Å². The van der Waals surface area contributed by atoms with Crippen molar-refractivity contribution < 1.29 is 23.9 Å². The van der Waals surface area contributed by atoms with E-state index in [1.807, 2.05) is 89.2 Å². The van der Waals surface area contributed by atoms with Gasteiger partial charge in [0.05, 0.1) is 23.5 Å². The Labute approximate surface area is 283 Å². The van der Waals surface area contributed by atoms with Crippen LogP contribution in [0.25, 0.3) is 11.8 Å². The van der Waals surface area contributed by atoms with Crippen LogP contribution in [0.2, 0.25) is 0 Å². The summed E-state index contributed by atoms with van der Waals surface area (Å²) < 4.78 is 6.06. The van der Waals surface area contributed by atoms with Gasteiger partial charge in [0.15, 0.2) is 0 Å². The van der Waals surface area contributed by atoms with E-state index in [2.05, 4.69) is 21.0 Å². The zero-order chi connectivity index (χ0) is 35.3. The number of nitrogens with one attached hydrogen (secondary N) is 2. The van der Waals surface area contributed by atoms with Crippen molar-refractivity contribution in [2.75, 3.05) is 31.6 Å². The molecular weight excluding hydrogens is 610 g/mol. The molecule has 0 saturated heterocycles. The molecule has 0 atom stereocenters. The van der Waals surface area contributed by atoms with Gasteiger partial charge in [0.1, 0.15) is 12.6 Å². The minimum Gasteiger partial charge on any atom is -0.375 e. The number of ketones is 1. The highest BCUT2D eigenvalue weighted by Gasteiger charge is 2.27. The Kier molecular flexibility index (Phi) is 13.6. The first-order valence-corrected chi connectivity index (χ1v) is 16.2. The predicted octanol–water partition coefficient (Wildman–Crippen LogP) is 5.20. The number of para-hydroxylation sites is 1. The van der Waals surface area contributed by atoms with Gasteiger partial charge in [-0.3, -0.25) is 24.2 Å². The van der Waals surface area contributed by atoms with Crippen LogP contribution in [0.4, 0.5) is 5.69 Å². The smallest absolute Gasteiger partial charge is 0.252 e. The Bertz CT molecular complexity index is 1570. The molecule has 0 bridgehead atoms. The number of Topliss-reactive ketones (excluding diaryl/α,β-unsaturated/α-hetero) is 1. The molecule has 0 aromatic heterocycles. The predicted molar refractivity (Wildman–Crippen MR) is 184 cm³/mol. The molecule has 0 fully saturated rings. The fraction of sp³-hybridized carbons (Fsp3) is 0.472. The third-order valence-corrected chi connectivity index (χ3v) is 7.84. The first kappa shape index (κ1) is 37.6. The highest BCUT2D eigenvalue weighted by molar-refractivity contribution is 6.00. The van der Waals surface area contributed by atoms with Gasteiger partial charge < -0.3 is 20.3 Å². The van der Waals surface area contributed by atoms with Crippen LogP contribution in [0.3, 0.4) is 0 Å². The highest BCUT2D eigenvalue weighted by Crippen LogP contribution is 2.35. The van der Waals surface area contributed by atoms with Crippen molar-refractivity contribution in [3.05, 3.63) is 65.2 Å². The van der Waals surface area contributed by atoms with Gasteiger partial charge in [-0.2, -0.15) is 5.26 Å². The summed E-state index contributed by atoms with van der Waals surface area (Å²) in [6.07, 6.45) is 3.38. The number of benzene rings is 2. The summed E-state index contributed by atoms with van der Waals surface area (Å²) >= 11 is 0. The van der Waals surface area contributed by atoms with Gasteiger partial charge in [-0.25, -0.2) is 0 Å². The van der Waals surface area contributed by atoms with E-state index in [9.17, 15) is 19.2 Å². The molecule has 0 saturated carbocycles. The number of fused-ring (bicyclic) bond motifs is 2. The number of amides is 3. The second kappa shape index (κ2) is 17.3. The average Bonchev–Trinajstić information content (AvgIpc) is 3.03. The van der Waals surface area contributed by atoms with Gasteiger partial charge in [-0.15, -0.1) is 5.11 Å². The quantitative estimate of drug-likeness (QED) is 0.143. The number of carbonyl (C=O) groups excluding carboxylic acids is 4. The van der Waals surface area contributed by atoms with Crippen molar-refractivity contribution >= 4 is 41.0 Å². The molecular formula is C36H47N7O5. The van der Waals surface area contributed by atoms with Gasteiger partial charge in [0, 0.05) is 50.6 Å². The lowest BCUT2D eigenvalue weighted by Crippen LogP contribution is -2.45. The van der Waals surface area contributed by atoms with Crippen molar-refractivity contribution in [3.8, 4) is 6.07 Å². The fourth-order valence-electron chi connectivity index (χ4n) is 5.14. The van der Waals surface area contributed by atoms with E-state index in [4.69, 9.17) is 10.00 Å². The lowest BCUT2D eigenvalue weighted by molar-refractivity contribution is -0.126. The second-order valence-electron chi connectivity index (χ2n) is 13.0. The molecule has 0 spiro atoms. The molecule has 2 N–H and O–H groups in total. The SMILES string of the molecule is CCNC(=O)CCC(C)(C)OCCC(C)(C)NC(=O)CCC(=O)N1Cc2ccccc2/C=C(/N=NN(C)CC(=O)C#N)c2ccccc21. The maximum Gasteiger partial charge on any atom is 0.252 e. The molecule has 3 rings (SSSR count). The Morgan fingerprint density at radius 1 is 0.979 bits per heavy atom. The average molecular weight is 658 g/mol.